The molecule has 0 aromatic carbocycles. The van der Waals surface area contributed by atoms with Crippen LogP contribution in [0, 0.1) is 0 Å². The topological polar surface area (TPSA) is 115 Å². The standard InChI is InChI=1S/C19H16N4O6/c1-20-14(24)12(15(25)21(2)18(20)27)9-5-7-10-11(8-6-9)29-17-13(10)16(26)22(3)19(28)23(17)4/h5-8H,1-4H3. The predicted molar refractivity (Wildman–Crippen MR) is 103 cm³/mol. The highest BCUT2D eigenvalue weighted by Gasteiger charge is 2.39. The number of urea groups is 1. The minimum Gasteiger partial charge on any atom is -0.439 e. The summed E-state index contributed by atoms with van der Waals surface area (Å²) in [5.41, 5.74) is -0.377. The average Bonchev–Trinajstić information content (AvgIpc) is 2.96. The third-order valence-electron chi connectivity index (χ3n) is 5.10. The number of amides is 4. The number of imide groups is 2. The maximum absolute atomic E-state index is 12.6. The molecule has 0 atom stereocenters. The molecule has 1 aliphatic heterocycles. The molecule has 2 aromatic rings. The van der Waals surface area contributed by atoms with Crippen LogP contribution in [-0.2, 0) is 23.7 Å². The first kappa shape index (κ1) is 18.4. The molecule has 1 fully saturated rings. The number of aromatic nitrogens is 2. The van der Waals surface area contributed by atoms with E-state index in [-0.39, 0.29) is 22.2 Å². The van der Waals surface area contributed by atoms with Crippen LogP contribution < -0.4 is 11.2 Å². The molecule has 2 aromatic heterocycles. The number of carbonyl (C=O) groups excluding carboxylic acids is 3. The van der Waals surface area contributed by atoms with E-state index in [9.17, 15) is 24.0 Å². The first-order valence-corrected chi connectivity index (χ1v) is 8.58. The van der Waals surface area contributed by atoms with Crippen LogP contribution in [0.25, 0.3) is 23.3 Å². The fourth-order valence-corrected chi connectivity index (χ4v) is 3.38. The molecule has 2 aliphatic rings. The van der Waals surface area contributed by atoms with E-state index in [0.717, 1.165) is 14.4 Å². The number of allylic oxidation sites excluding steroid dienone is 3. The Morgan fingerprint density at radius 3 is 1.97 bits per heavy atom. The summed E-state index contributed by atoms with van der Waals surface area (Å²) in [6, 6.07) is -0.715. The smallest absolute Gasteiger partial charge is 0.333 e. The van der Waals surface area contributed by atoms with Crippen molar-refractivity contribution in [2.75, 3.05) is 14.1 Å². The maximum Gasteiger partial charge on any atom is 0.333 e. The molecule has 1 saturated heterocycles. The molecular weight excluding hydrogens is 380 g/mol. The number of likely N-dealkylation sites (N-methyl/N-ethyl adjacent to an activating group) is 2. The maximum atomic E-state index is 12.6. The van der Waals surface area contributed by atoms with Gasteiger partial charge in [-0.1, -0.05) is 12.2 Å². The van der Waals surface area contributed by atoms with E-state index in [2.05, 4.69) is 0 Å². The Morgan fingerprint density at radius 2 is 1.34 bits per heavy atom. The van der Waals surface area contributed by atoms with Crippen molar-refractivity contribution in [3.63, 3.8) is 0 Å². The highest BCUT2D eigenvalue weighted by molar-refractivity contribution is 6.29. The molecule has 4 rings (SSSR count). The quantitative estimate of drug-likeness (QED) is 0.465. The van der Waals surface area contributed by atoms with Crippen LogP contribution in [0.2, 0.25) is 0 Å². The number of fused-ring (bicyclic) bond motifs is 3. The molecule has 10 heteroatoms. The van der Waals surface area contributed by atoms with Crippen LogP contribution in [0.5, 0.6) is 0 Å². The van der Waals surface area contributed by atoms with Gasteiger partial charge in [-0.2, -0.15) is 0 Å². The molecule has 0 saturated carbocycles. The van der Waals surface area contributed by atoms with Crippen molar-refractivity contribution >= 4 is 41.1 Å². The molecule has 10 nitrogen and oxygen atoms in total. The molecule has 1 aliphatic carbocycles. The summed E-state index contributed by atoms with van der Waals surface area (Å²) in [6.45, 7) is 0. The van der Waals surface area contributed by atoms with Crippen LogP contribution >= 0.6 is 0 Å². The molecule has 3 heterocycles. The van der Waals surface area contributed by atoms with E-state index in [1.54, 1.807) is 6.08 Å². The number of aryl methyl sites for hydroxylation is 1. The van der Waals surface area contributed by atoms with Crippen molar-refractivity contribution < 1.29 is 18.8 Å². The third-order valence-corrected chi connectivity index (χ3v) is 5.10. The van der Waals surface area contributed by atoms with Crippen molar-refractivity contribution in [2.45, 2.75) is 0 Å². The van der Waals surface area contributed by atoms with Gasteiger partial charge in [0.1, 0.15) is 16.7 Å². The Labute approximate surface area is 163 Å². The Balaban J connectivity index is 1.95. The zero-order chi connectivity index (χ0) is 21.2. The van der Waals surface area contributed by atoms with Crippen molar-refractivity contribution in [1.82, 2.24) is 18.9 Å². The Hall–Kier alpha value is -3.95. The van der Waals surface area contributed by atoms with Gasteiger partial charge >= 0.3 is 11.7 Å². The molecule has 4 amide bonds. The van der Waals surface area contributed by atoms with E-state index in [4.69, 9.17) is 4.42 Å². The first-order valence-electron chi connectivity index (χ1n) is 8.58. The van der Waals surface area contributed by atoms with Crippen molar-refractivity contribution in [1.29, 1.82) is 0 Å². The minimum absolute atomic E-state index is 0.128. The van der Waals surface area contributed by atoms with E-state index < -0.39 is 29.1 Å². The van der Waals surface area contributed by atoms with Crippen molar-refractivity contribution in [3.8, 4) is 0 Å². The van der Waals surface area contributed by atoms with Crippen LogP contribution in [0.1, 0.15) is 11.3 Å². The lowest BCUT2D eigenvalue weighted by Gasteiger charge is -2.29. The van der Waals surface area contributed by atoms with Crippen LogP contribution in [0.4, 0.5) is 4.79 Å². The Bertz CT molecular complexity index is 1320. The average molecular weight is 396 g/mol. The summed E-state index contributed by atoms with van der Waals surface area (Å²) in [7, 11) is 5.45. The van der Waals surface area contributed by atoms with Gasteiger partial charge in [0.2, 0.25) is 5.71 Å². The minimum atomic E-state index is -0.718. The van der Waals surface area contributed by atoms with Crippen LogP contribution in [-0.4, -0.2) is 50.9 Å². The molecule has 0 bridgehead atoms. The van der Waals surface area contributed by atoms with Gasteiger partial charge < -0.3 is 4.42 Å². The third kappa shape index (κ3) is 2.38. The number of hydrogen-bond donors (Lipinski definition) is 0. The number of hydrogen-bond acceptors (Lipinski definition) is 6. The lowest BCUT2D eigenvalue weighted by Crippen LogP contribution is -2.53. The normalized spacial score (nSPS) is 16.9. The fourth-order valence-electron chi connectivity index (χ4n) is 3.38. The molecular formula is C19H16N4O6. The van der Waals surface area contributed by atoms with Crippen LogP contribution in [0.3, 0.4) is 0 Å². The van der Waals surface area contributed by atoms with Gasteiger partial charge in [-0.15, -0.1) is 0 Å². The first-order chi connectivity index (χ1) is 13.6. The van der Waals surface area contributed by atoms with E-state index >= 15 is 0 Å². The summed E-state index contributed by atoms with van der Waals surface area (Å²) < 4.78 is 7.92. The highest BCUT2D eigenvalue weighted by Crippen LogP contribution is 2.30. The molecule has 0 N–H and O–H groups in total. The van der Waals surface area contributed by atoms with E-state index in [0.29, 0.717) is 11.3 Å². The van der Waals surface area contributed by atoms with E-state index in [1.165, 1.54) is 51.0 Å². The van der Waals surface area contributed by atoms with Gasteiger partial charge in [-0.3, -0.25) is 33.3 Å². The molecule has 148 valence electrons. The van der Waals surface area contributed by atoms with Gasteiger partial charge in [0.05, 0.1) is 0 Å². The number of barbiturate groups is 1. The predicted octanol–water partition coefficient (Wildman–Crippen LogP) is 0.217. The molecule has 0 radical (unpaired) electrons. The largest absolute Gasteiger partial charge is 0.439 e. The summed E-state index contributed by atoms with van der Waals surface area (Å²) in [4.78, 5) is 63.4. The number of carbonyl (C=O) groups is 3. The Kier molecular flexibility index (Phi) is 3.83. The summed E-state index contributed by atoms with van der Waals surface area (Å²) in [6.07, 6.45) is 6.06. The van der Waals surface area contributed by atoms with Gasteiger partial charge in [0.25, 0.3) is 17.4 Å². The second kappa shape index (κ2) is 6.03. The van der Waals surface area contributed by atoms with Gasteiger partial charge in [-0.05, 0) is 17.7 Å². The zero-order valence-corrected chi connectivity index (χ0v) is 16.0. The monoisotopic (exact) mass is 396 g/mol. The number of rotatable bonds is 0. The molecule has 0 unspecified atom stereocenters. The summed E-state index contributed by atoms with van der Waals surface area (Å²) in [5.74, 6) is -1.13. The number of furan rings is 1. The highest BCUT2D eigenvalue weighted by atomic mass is 16.3. The van der Waals surface area contributed by atoms with Crippen LogP contribution in [0.15, 0.2) is 37.3 Å². The van der Waals surface area contributed by atoms with Crippen molar-refractivity contribution in [2.24, 2.45) is 14.1 Å². The van der Waals surface area contributed by atoms with E-state index in [1.807, 2.05) is 0 Å². The summed E-state index contributed by atoms with van der Waals surface area (Å²) in [5, 5.41) is 0.211. The fraction of sp³-hybridized carbons (Fsp3) is 0.211. The van der Waals surface area contributed by atoms with Gasteiger partial charge in [0.15, 0.2) is 0 Å². The second-order valence-corrected chi connectivity index (χ2v) is 6.77. The molecule has 29 heavy (non-hydrogen) atoms. The lowest BCUT2D eigenvalue weighted by atomic mass is 10.0. The summed E-state index contributed by atoms with van der Waals surface area (Å²) >= 11 is 0. The molecule has 0 spiro atoms. The van der Waals surface area contributed by atoms with Gasteiger partial charge in [0, 0.05) is 33.8 Å². The van der Waals surface area contributed by atoms with Gasteiger partial charge in [-0.25, -0.2) is 9.59 Å². The number of nitrogens with zero attached hydrogens (tertiary/aromatic N) is 4. The SMILES string of the molecule is CN1C(=O)C(=C2C=Cc3oc4c(c3C=C2)c(=O)n(C)c(=O)n4C)C(=O)N(C)C1=O. The Morgan fingerprint density at radius 1 is 0.759 bits per heavy atom. The second-order valence-electron chi connectivity index (χ2n) is 6.77. The zero-order valence-electron chi connectivity index (χ0n) is 16.0. The lowest BCUT2D eigenvalue weighted by molar-refractivity contribution is -0.134. The van der Waals surface area contributed by atoms with Crippen molar-refractivity contribution in [3.05, 3.63) is 55.5 Å².